The Morgan fingerprint density at radius 1 is 0.967 bits per heavy atom. The van der Waals surface area contributed by atoms with Gasteiger partial charge in [0, 0.05) is 5.02 Å². The third-order valence-electron chi connectivity index (χ3n) is 5.23. The van der Waals surface area contributed by atoms with Crippen LogP contribution in [0.25, 0.3) is 27.0 Å². The van der Waals surface area contributed by atoms with E-state index in [4.69, 9.17) is 23.8 Å². The van der Waals surface area contributed by atoms with Crippen LogP contribution in [0, 0.1) is 10.9 Å². The van der Waals surface area contributed by atoms with E-state index in [1.807, 2.05) is 57.5 Å². The minimum atomic E-state index is -0.0262. The average Bonchev–Trinajstić information content (AvgIpc) is 3.10. The summed E-state index contributed by atoms with van der Waals surface area (Å²) in [4.78, 5) is 14.6. The molecule has 6 heteroatoms. The molecule has 0 unspecified atom stereocenters. The quantitative estimate of drug-likeness (QED) is 0.286. The number of halogens is 1. The van der Waals surface area contributed by atoms with Gasteiger partial charge in [0.05, 0.1) is 22.3 Å². The Hall–Kier alpha value is -2.73. The molecule has 0 atom stereocenters. The number of benzene rings is 3. The van der Waals surface area contributed by atoms with Crippen molar-refractivity contribution in [3.63, 3.8) is 0 Å². The van der Waals surface area contributed by atoms with Crippen LogP contribution >= 0.6 is 35.2 Å². The first-order valence-electron chi connectivity index (χ1n) is 9.51. The van der Waals surface area contributed by atoms with E-state index >= 15 is 0 Å². The lowest BCUT2D eigenvalue weighted by atomic mass is 10.1. The topological polar surface area (TPSA) is 26.4 Å². The van der Waals surface area contributed by atoms with Crippen LogP contribution < -0.4 is 5.56 Å². The van der Waals surface area contributed by atoms with Gasteiger partial charge in [-0.15, -0.1) is 11.3 Å². The van der Waals surface area contributed by atoms with Crippen LogP contribution in [0.4, 0.5) is 0 Å². The van der Waals surface area contributed by atoms with Crippen molar-refractivity contribution in [3.05, 3.63) is 103 Å². The molecule has 2 aromatic heterocycles. The summed E-state index contributed by atoms with van der Waals surface area (Å²) in [6.45, 7) is 2.50. The van der Waals surface area contributed by atoms with Gasteiger partial charge in [-0.3, -0.25) is 13.8 Å². The maximum Gasteiger partial charge on any atom is 0.261 e. The molecule has 3 aromatic carbocycles. The molecule has 0 N–H and O–H groups in total. The van der Waals surface area contributed by atoms with E-state index in [2.05, 4.69) is 31.2 Å². The number of aryl methyl sites for hydroxylation is 1. The SMILES string of the molecule is Cc1ccc(-c2sc(=S)n3c4ccccc4c(=O)n(Cc4ccc(Cl)cc4)c23)cc1. The minimum absolute atomic E-state index is 0.0262. The first-order chi connectivity index (χ1) is 14.5. The molecule has 0 spiro atoms. The molecule has 0 aliphatic rings. The zero-order chi connectivity index (χ0) is 20.8. The van der Waals surface area contributed by atoms with Crippen molar-refractivity contribution < 1.29 is 0 Å². The lowest BCUT2D eigenvalue weighted by Crippen LogP contribution is -2.23. The van der Waals surface area contributed by atoms with Crippen LogP contribution in [-0.2, 0) is 6.54 Å². The van der Waals surface area contributed by atoms with Gasteiger partial charge in [-0.1, -0.05) is 65.7 Å². The highest BCUT2D eigenvalue weighted by Gasteiger charge is 2.18. The molecule has 0 aliphatic heterocycles. The number of hydrogen-bond acceptors (Lipinski definition) is 3. The summed E-state index contributed by atoms with van der Waals surface area (Å²) in [6, 6.07) is 23.6. The van der Waals surface area contributed by atoms with Gasteiger partial charge < -0.3 is 0 Å². The lowest BCUT2D eigenvalue weighted by molar-refractivity contribution is 0.781. The van der Waals surface area contributed by atoms with Crippen molar-refractivity contribution in [2.45, 2.75) is 13.5 Å². The van der Waals surface area contributed by atoms with Gasteiger partial charge in [-0.2, -0.15) is 0 Å². The van der Waals surface area contributed by atoms with E-state index in [0.29, 0.717) is 17.0 Å². The average molecular weight is 449 g/mol. The van der Waals surface area contributed by atoms with Gasteiger partial charge >= 0.3 is 0 Å². The second-order valence-electron chi connectivity index (χ2n) is 7.26. The summed E-state index contributed by atoms with van der Waals surface area (Å²) in [6.07, 6.45) is 0. The van der Waals surface area contributed by atoms with Crippen molar-refractivity contribution in [1.29, 1.82) is 0 Å². The predicted octanol–water partition coefficient (Wildman–Crippen LogP) is 6.72. The Morgan fingerprint density at radius 3 is 2.40 bits per heavy atom. The van der Waals surface area contributed by atoms with Gasteiger partial charge in [0.15, 0.2) is 3.95 Å². The third-order valence-corrected chi connectivity index (χ3v) is 6.89. The summed E-state index contributed by atoms with van der Waals surface area (Å²) < 4.78 is 4.58. The smallest absolute Gasteiger partial charge is 0.261 e. The van der Waals surface area contributed by atoms with Crippen molar-refractivity contribution in [1.82, 2.24) is 8.97 Å². The number of hydrogen-bond donors (Lipinski definition) is 0. The van der Waals surface area contributed by atoms with Crippen LogP contribution in [-0.4, -0.2) is 8.97 Å². The van der Waals surface area contributed by atoms with Gasteiger partial charge in [0.1, 0.15) is 5.65 Å². The van der Waals surface area contributed by atoms with Gasteiger partial charge in [0.25, 0.3) is 5.56 Å². The molecule has 0 bridgehead atoms. The molecule has 0 radical (unpaired) electrons. The largest absolute Gasteiger partial charge is 0.288 e. The molecular formula is C24H17ClN2OS2. The number of aromatic nitrogens is 2. The Bertz CT molecular complexity index is 1510. The molecule has 148 valence electrons. The predicted molar refractivity (Wildman–Crippen MR) is 129 cm³/mol. The summed E-state index contributed by atoms with van der Waals surface area (Å²) in [5.74, 6) is 0. The molecule has 0 fully saturated rings. The molecular weight excluding hydrogens is 432 g/mol. The summed E-state index contributed by atoms with van der Waals surface area (Å²) in [5, 5.41) is 1.33. The Kier molecular flexibility index (Phi) is 4.82. The third kappa shape index (κ3) is 3.19. The van der Waals surface area contributed by atoms with Crippen LogP contribution in [0.5, 0.6) is 0 Å². The molecule has 3 nitrogen and oxygen atoms in total. The number of thiazole rings is 1. The van der Waals surface area contributed by atoms with E-state index < -0.39 is 0 Å². The highest BCUT2D eigenvalue weighted by atomic mass is 35.5. The standard InChI is InChI=1S/C24H17ClN2OS2/c1-15-6-10-17(11-7-15)21-22-26(14-16-8-12-18(25)13-9-16)23(28)19-4-2-3-5-20(19)27(22)24(29)30-21/h2-13H,14H2,1H3. The molecule has 0 aliphatic carbocycles. The number of fused-ring (bicyclic) bond motifs is 3. The molecule has 0 saturated heterocycles. The first kappa shape index (κ1) is 19.2. The fourth-order valence-electron chi connectivity index (χ4n) is 3.73. The van der Waals surface area contributed by atoms with E-state index in [0.717, 1.165) is 31.1 Å². The van der Waals surface area contributed by atoms with Crippen LogP contribution in [0.3, 0.4) is 0 Å². The highest BCUT2D eigenvalue weighted by molar-refractivity contribution is 7.73. The maximum atomic E-state index is 13.6. The fourth-order valence-corrected chi connectivity index (χ4v) is 5.28. The highest BCUT2D eigenvalue weighted by Crippen LogP contribution is 2.33. The Morgan fingerprint density at radius 2 is 1.67 bits per heavy atom. The number of rotatable bonds is 3. The maximum absolute atomic E-state index is 13.6. The van der Waals surface area contributed by atoms with Crippen LogP contribution in [0.2, 0.25) is 5.02 Å². The molecule has 30 heavy (non-hydrogen) atoms. The molecule has 5 rings (SSSR count). The van der Waals surface area contributed by atoms with Crippen molar-refractivity contribution in [3.8, 4) is 10.4 Å². The molecule has 5 aromatic rings. The van der Waals surface area contributed by atoms with Crippen LogP contribution in [0.15, 0.2) is 77.6 Å². The Balaban J connectivity index is 1.89. The number of nitrogens with zero attached hydrogens (tertiary/aromatic N) is 2. The molecule has 2 heterocycles. The van der Waals surface area contributed by atoms with Crippen molar-refractivity contribution >= 4 is 51.7 Å². The van der Waals surface area contributed by atoms with Crippen molar-refractivity contribution in [2.75, 3.05) is 0 Å². The first-order valence-corrected chi connectivity index (χ1v) is 11.1. The minimum Gasteiger partial charge on any atom is -0.288 e. The van der Waals surface area contributed by atoms with E-state index in [-0.39, 0.29) is 5.56 Å². The number of para-hydroxylation sites is 1. The van der Waals surface area contributed by atoms with Crippen LogP contribution in [0.1, 0.15) is 11.1 Å². The fraction of sp³-hybridized carbons (Fsp3) is 0.0833. The zero-order valence-electron chi connectivity index (χ0n) is 16.1. The molecule has 0 saturated carbocycles. The summed E-state index contributed by atoms with van der Waals surface area (Å²) in [7, 11) is 0. The van der Waals surface area contributed by atoms with Gasteiger partial charge in [0.2, 0.25) is 0 Å². The van der Waals surface area contributed by atoms with Gasteiger partial charge in [-0.25, -0.2) is 0 Å². The summed E-state index contributed by atoms with van der Waals surface area (Å²) in [5.41, 5.74) is 4.89. The summed E-state index contributed by atoms with van der Waals surface area (Å²) >= 11 is 13.4. The zero-order valence-corrected chi connectivity index (χ0v) is 18.5. The van der Waals surface area contributed by atoms with E-state index in [1.165, 1.54) is 16.9 Å². The lowest BCUT2D eigenvalue weighted by Gasteiger charge is -2.13. The van der Waals surface area contributed by atoms with Gasteiger partial charge in [-0.05, 0) is 54.5 Å². The van der Waals surface area contributed by atoms with E-state index in [1.54, 1.807) is 0 Å². The Labute approximate surface area is 187 Å². The second-order valence-corrected chi connectivity index (χ2v) is 9.34. The van der Waals surface area contributed by atoms with E-state index in [9.17, 15) is 4.79 Å². The second kappa shape index (κ2) is 7.51. The molecule has 0 amide bonds. The normalized spacial score (nSPS) is 11.4. The monoisotopic (exact) mass is 448 g/mol. The van der Waals surface area contributed by atoms with Crippen molar-refractivity contribution in [2.24, 2.45) is 0 Å².